The average molecular weight is 336 g/mol. The van der Waals surface area contributed by atoms with Crippen molar-refractivity contribution in [2.24, 2.45) is 0 Å². The summed E-state index contributed by atoms with van der Waals surface area (Å²) in [5.41, 5.74) is 0.345. The number of nitro groups is 1. The van der Waals surface area contributed by atoms with Gasteiger partial charge in [0, 0.05) is 18.7 Å². The molecule has 1 N–H and O–H groups in total. The minimum absolute atomic E-state index is 0.0981. The molecule has 1 heterocycles. The molecule has 1 aromatic carbocycles. The van der Waals surface area contributed by atoms with Gasteiger partial charge in [-0.15, -0.1) is 0 Å². The SMILES string of the molecule is O=C(CCCOc1ccccc1[N+](=O)[O-])Nc1cccnc1Cl. The van der Waals surface area contributed by atoms with Crippen LogP contribution in [0.25, 0.3) is 0 Å². The summed E-state index contributed by atoms with van der Waals surface area (Å²) in [6, 6.07) is 9.42. The molecule has 0 radical (unpaired) electrons. The second-order valence-corrected chi connectivity index (χ2v) is 4.92. The summed E-state index contributed by atoms with van der Waals surface area (Å²) < 4.78 is 5.36. The zero-order chi connectivity index (χ0) is 16.7. The Kier molecular flexibility index (Phi) is 5.87. The fourth-order valence-corrected chi connectivity index (χ4v) is 2.00. The van der Waals surface area contributed by atoms with Crippen LogP contribution in [0.1, 0.15) is 12.8 Å². The molecule has 0 aliphatic carbocycles. The lowest BCUT2D eigenvalue weighted by molar-refractivity contribution is -0.385. The van der Waals surface area contributed by atoms with Crippen molar-refractivity contribution in [1.29, 1.82) is 0 Å². The number of para-hydroxylation sites is 2. The van der Waals surface area contributed by atoms with Gasteiger partial charge in [-0.3, -0.25) is 14.9 Å². The van der Waals surface area contributed by atoms with Crippen LogP contribution in [0.5, 0.6) is 5.75 Å². The summed E-state index contributed by atoms with van der Waals surface area (Å²) in [4.78, 5) is 26.0. The van der Waals surface area contributed by atoms with Crippen LogP contribution in [0.15, 0.2) is 42.6 Å². The highest BCUT2D eigenvalue weighted by Gasteiger charge is 2.13. The molecule has 0 aliphatic rings. The topological polar surface area (TPSA) is 94.4 Å². The largest absolute Gasteiger partial charge is 0.487 e. The van der Waals surface area contributed by atoms with Gasteiger partial charge >= 0.3 is 5.69 Å². The molecule has 1 aromatic heterocycles. The Morgan fingerprint density at radius 1 is 1.30 bits per heavy atom. The summed E-state index contributed by atoms with van der Waals surface area (Å²) in [5, 5.41) is 13.7. The van der Waals surface area contributed by atoms with Crippen LogP contribution in [0.4, 0.5) is 11.4 Å². The fraction of sp³-hybridized carbons (Fsp3) is 0.200. The molecule has 120 valence electrons. The molecule has 0 unspecified atom stereocenters. The lowest BCUT2D eigenvalue weighted by atomic mass is 10.3. The van der Waals surface area contributed by atoms with E-state index in [-0.39, 0.29) is 35.5 Å². The second kappa shape index (κ2) is 8.09. The molecule has 2 rings (SSSR count). The number of nitrogens with one attached hydrogen (secondary N) is 1. The van der Waals surface area contributed by atoms with Crippen molar-refractivity contribution in [3.8, 4) is 5.75 Å². The molecule has 0 fully saturated rings. The highest BCUT2D eigenvalue weighted by molar-refractivity contribution is 6.32. The van der Waals surface area contributed by atoms with E-state index in [2.05, 4.69) is 10.3 Å². The van der Waals surface area contributed by atoms with Gasteiger partial charge in [-0.25, -0.2) is 4.98 Å². The number of carbonyl (C=O) groups is 1. The minimum atomic E-state index is -0.507. The van der Waals surface area contributed by atoms with Crippen LogP contribution in [0.3, 0.4) is 0 Å². The number of pyridine rings is 1. The van der Waals surface area contributed by atoms with E-state index >= 15 is 0 Å². The first-order valence-electron chi connectivity index (χ1n) is 6.84. The number of halogens is 1. The third-order valence-electron chi connectivity index (χ3n) is 2.90. The van der Waals surface area contributed by atoms with Crippen molar-refractivity contribution in [2.45, 2.75) is 12.8 Å². The van der Waals surface area contributed by atoms with Crippen molar-refractivity contribution in [3.05, 3.63) is 57.9 Å². The Hall–Kier alpha value is -2.67. The van der Waals surface area contributed by atoms with Gasteiger partial charge in [0.2, 0.25) is 5.91 Å². The smallest absolute Gasteiger partial charge is 0.310 e. The van der Waals surface area contributed by atoms with Crippen LogP contribution >= 0.6 is 11.6 Å². The number of hydrogen-bond acceptors (Lipinski definition) is 5. The molecule has 1 amide bonds. The molecule has 0 atom stereocenters. The van der Waals surface area contributed by atoms with Gasteiger partial charge in [-0.1, -0.05) is 23.7 Å². The maximum Gasteiger partial charge on any atom is 0.310 e. The minimum Gasteiger partial charge on any atom is -0.487 e. The molecular weight excluding hydrogens is 322 g/mol. The monoisotopic (exact) mass is 335 g/mol. The third kappa shape index (κ3) is 4.93. The summed E-state index contributed by atoms with van der Waals surface area (Å²) in [7, 11) is 0. The average Bonchev–Trinajstić information content (AvgIpc) is 2.54. The number of benzene rings is 1. The Morgan fingerprint density at radius 3 is 2.83 bits per heavy atom. The van der Waals surface area contributed by atoms with E-state index in [0.29, 0.717) is 12.1 Å². The summed E-state index contributed by atoms with van der Waals surface area (Å²) >= 11 is 5.84. The zero-order valence-electron chi connectivity index (χ0n) is 12.1. The molecule has 8 heteroatoms. The highest BCUT2D eigenvalue weighted by atomic mass is 35.5. The Morgan fingerprint density at radius 2 is 2.09 bits per heavy atom. The van der Waals surface area contributed by atoms with Crippen molar-refractivity contribution in [1.82, 2.24) is 4.98 Å². The number of rotatable bonds is 7. The normalized spacial score (nSPS) is 10.1. The molecule has 0 spiro atoms. The van der Waals surface area contributed by atoms with Crippen molar-refractivity contribution < 1.29 is 14.5 Å². The number of nitro benzene ring substituents is 1. The quantitative estimate of drug-likeness (QED) is 0.362. The standard InChI is InChI=1S/C15H14ClN3O4/c16-15-11(5-3-9-17-15)18-14(20)8-4-10-23-13-7-2-1-6-12(13)19(21)22/h1-3,5-7,9H,4,8,10H2,(H,18,20). The first-order valence-corrected chi connectivity index (χ1v) is 7.22. The van der Waals surface area contributed by atoms with Gasteiger partial charge in [-0.05, 0) is 24.6 Å². The molecule has 7 nitrogen and oxygen atoms in total. The van der Waals surface area contributed by atoms with Crippen LogP contribution in [-0.4, -0.2) is 22.4 Å². The Balaban J connectivity index is 1.79. The van der Waals surface area contributed by atoms with Crippen molar-refractivity contribution in [3.63, 3.8) is 0 Å². The van der Waals surface area contributed by atoms with E-state index in [9.17, 15) is 14.9 Å². The first-order chi connectivity index (χ1) is 11.1. The molecule has 0 saturated carbocycles. The number of anilines is 1. The molecule has 0 bridgehead atoms. The van der Waals surface area contributed by atoms with Crippen LogP contribution in [-0.2, 0) is 4.79 Å². The lowest BCUT2D eigenvalue weighted by Crippen LogP contribution is -2.13. The Bertz CT molecular complexity index is 709. The van der Waals surface area contributed by atoms with E-state index in [1.165, 1.54) is 18.3 Å². The Labute approximate surface area is 137 Å². The maximum absolute atomic E-state index is 11.8. The summed E-state index contributed by atoms with van der Waals surface area (Å²) in [6.45, 7) is 0.193. The molecular formula is C15H14ClN3O4. The van der Waals surface area contributed by atoms with Crippen LogP contribution in [0, 0.1) is 10.1 Å². The van der Waals surface area contributed by atoms with Gasteiger partial charge < -0.3 is 10.1 Å². The predicted molar refractivity (Wildman–Crippen MR) is 85.7 cm³/mol. The predicted octanol–water partition coefficient (Wildman–Crippen LogP) is 3.44. The number of carbonyl (C=O) groups excluding carboxylic acids is 1. The molecule has 0 aliphatic heterocycles. The first kappa shape index (κ1) is 16.7. The highest BCUT2D eigenvalue weighted by Crippen LogP contribution is 2.26. The van der Waals surface area contributed by atoms with Crippen molar-refractivity contribution in [2.75, 3.05) is 11.9 Å². The van der Waals surface area contributed by atoms with E-state index in [0.717, 1.165) is 0 Å². The summed E-state index contributed by atoms with van der Waals surface area (Å²) in [6.07, 6.45) is 2.14. The van der Waals surface area contributed by atoms with Crippen LogP contribution < -0.4 is 10.1 Å². The van der Waals surface area contributed by atoms with E-state index in [1.807, 2.05) is 0 Å². The van der Waals surface area contributed by atoms with Gasteiger partial charge in [0.25, 0.3) is 0 Å². The van der Waals surface area contributed by atoms with Gasteiger partial charge in [0.05, 0.1) is 17.2 Å². The fourth-order valence-electron chi connectivity index (χ4n) is 1.84. The van der Waals surface area contributed by atoms with Crippen LogP contribution in [0.2, 0.25) is 5.15 Å². The number of amides is 1. The number of nitrogens with zero attached hydrogens (tertiary/aromatic N) is 2. The maximum atomic E-state index is 11.8. The van der Waals surface area contributed by atoms with Gasteiger partial charge in [0.1, 0.15) is 0 Å². The summed E-state index contributed by atoms with van der Waals surface area (Å²) in [5.74, 6) is -0.0423. The van der Waals surface area contributed by atoms with Crippen molar-refractivity contribution >= 4 is 28.9 Å². The lowest BCUT2D eigenvalue weighted by Gasteiger charge is -2.08. The number of hydrogen-bond donors (Lipinski definition) is 1. The molecule has 2 aromatic rings. The second-order valence-electron chi connectivity index (χ2n) is 4.57. The number of ether oxygens (including phenoxy) is 1. The zero-order valence-corrected chi connectivity index (χ0v) is 12.8. The molecule has 23 heavy (non-hydrogen) atoms. The van der Waals surface area contributed by atoms with E-state index in [1.54, 1.807) is 24.3 Å². The third-order valence-corrected chi connectivity index (χ3v) is 3.20. The number of aromatic nitrogens is 1. The van der Waals surface area contributed by atoms with Gasteiger partial charge in [0.15, 0.2) is 10.9 Å². The van der Waals surface area contributed by atoms with Gasteiger partial charge in [-0.2, -0.15) is 0 Å². The van der Waals surface area contributed by atoms with E-state index < -0.39 is 4.92 Å². The van der Waals surface area contributed by atoms with E-state index in [4.69, 9.17) is 16.3 Å². The molecule has 0 saturated heterocycles.